The number of thiophene rings is 1. The minimum atomic E-state index is -0.533. The molecule has 9 heteroatoms. The zero-order valence-electron chi connectivity index (χ0n) is 16.4. The molecule has 0 aliphatic carbocycles. The number of hydrogen-bond acceptors (Lipinski definition) is 6. The number of carbonyl (C=O) groups is 2. The van der Waals surface area contributed by atoms with E-state index in [0.717, 1.165) is 11.4 Å². The Kier molecular flexibility index (Phi) is 5.93. The normalized spacial score (nSPS) is 19.1. The standard InChI is InChI=1S/C21H22N4O4S/c1-24-9-8-22-18(24)11-25-16(12-26)20(29-13-19(25)27)14-4-6-15(7-5-14)23-21(28)17-3-2-10-30-17/h2-10,16,20,26H,11-13H2,1H3,(H,23,28)/t16-,20-/m1/s1. The maximum absolute atomic E-state index is 12.5. The summed E-state index contributed by atoms with van der Waals surface area (Å²) in [6.07, 6.45) is 3.01. The Morgan fingerprint density at radius 3 is 2.77 bits per heavy atom. The van der Waals surface area contributed by atoms with Gasteiger partial charge in [-0.1, -0.05) is 18.2 Å². The second-order valence-corrected chi connectivity index (χ2v) is 7.96. The van der Waals surface area contributed by atoms with Gasteiger partial charge in [0.15, 0.2) is 0 Å². The lowest BCUT2D eigenvalue weighted by Crippen LogP contribution is -2.52. The number of amides is 2. The van der Waals surface area contributed by atoms with Crippen LogP contribution in [-0.4, -0.2) is 50.6 Å². The monoisotopic (exact) mass is 426 g/mol. The summed E-state index contributed by atoms with van der Waals surface area (Å²) in [4.78, 5) is 31.2. The highest BCUT2D eigenvalue weighted by Gasteiger charge is 2.37. The van der Waals surface area contributed by atoms with Crippen LogP contribution >= 0.6 is 11.3 Å². The minimum absolute atomic E-state index is 0.0670. The number of rotatable bonds is 6. The average molecular weight is 426 g/mol. The average Bonchev–Trinajstić information content (AvgIpc) is 3.42. The zero-order valence-corrected chi connectivity index (χ0v) is 17.2. The van der Waals surface area contributed by atoms with Crippen LogP contribution in [0, 0.1) is 0 Å². The van der Waals surface area contributed by atoms with Crippen molar-refractivity contribution in [3.8, 4) is 0 Å². The number of hydrogen-bond donors (Lipinski definition) is 2. The zero-order chi connectivity index (χ0) is 21.1. The number of aliphatic hydroxyl groups is 1. The first-order valence-corrected chi connectivity index (χ1v) is 10.4. The molecule has 1 aliphatic heterocycles. The molecule has 0 spiro atoms. The van der Waals surface area contributed by atoms with Crippen molar-refractivity contribution >= 4 is 28.8 Å². The number of nitrogens with zero attached hydrogens (tertiary/aromatic N) is 3. The van der Waals surface area contributed by atoms with Gasteiger partial charge in [-0.15, -0.1) is 11.3 Å². The number of aryl methyl sites for hydroxylation is 1. The third-order valence-electron chi connectivity index (χ3n) is 5.12. The van der Waals surface area contributed by atoms with Crippen LogP contribution in [0.25, 0.3) is 0 Å². The summed E-state index contributed by atoms with van der Waals surface area (Å²) >= 11 is 1.38. The van der Waals surface area contributed by atoms with Gasteiger partial charge in [-0.3, -0.25) is 9.59 Å². The first-order valence-electron chi connectivity index (χ1n) is 9.49. The molecular weight excluding hydrogens is 404 g/mol. The number of imidazole rings is 1. The number of carbonyl (C=O) groups excluding carboxylic acids is 2. The summed E-state index contributed by atoms with van der Waals surface area (Å²) < 4.78 is 7.62. The highest BCUT2D eigenvalue weighted by molar-refractivity contribution is 7.12. The molecule has 1 aromatic carbocycles. The second kappa shape index (κ2) is 8.78. The van der Waals surface area contributed by atoms with E-state index in [4.69, 9.17) is 4.74 Å². The SMILES string of the molecule is Cn1ccnc1CN1C(=O)CO[C@H](c2ccc(NC(=O)c3cccs3)cc2)[C@H]1CO. The van der Waals surface area contributed by atoms with E-state index in [2.05, 4.69) is 10.3 Å². The van der Waals surface area contributed by atoms with Crippen molar-refractivity contribution in [2.45, 2.75) is 18.7 Å². The van der Waals surface area contributed by atoms with E-state index < -0.39 is 12.1 Å². The van der Waals surface area contributed by atoms with Crippen molar-refractivity contribution in [3.05, 3.63) is 70.4 Å². The maximum Gasteiger partial charge on any atom is 0.265 e. The molecule has 0 saturated carbocycles. The lowest BCUT2D eigenvalue weighted by molar-refractivity contribution is -0.162. The molecule has 2 N–H and O–H groups in total. The van der Waals surface area contributed by atoms with Gasteiger partial charge >= 0.3 is 0 Å². The van der Waals surface area contributed by atoms with E-state index in [1.165, 1.54) is 11.3 Å². The molecule has 1 aliphatic rings. The summed E-state index contributed by atoms with van der Waals surface area (Å²) in [5.74, 6) is 0.383. The lowest BCUT2D eigenvalue weighted by Gasteiger charge is -2.40. The van der Waals surface area contributed by atoms with Gasteiger partial charge in [0.25, 0.3) is 5.91 Å². The predicted octanol–water partition coefficient (Wildman–Crippen LogP) is 2.19. The number of aromatic nitrogens is 2. The van der Waals surface area contributed by atoms with Crippen LogP contribution in [-0.2, 0) is 23.1 Å². The first kappa shape index (κ1) is 20.3. The van der Waals surface area contributed by atoms with E-state index in [0.29, 0.717) is 17.1 Å². The molecule has 2 amide bonds. The summed E-state index contributed by atoms with van der Waals surface area (Å²) in [5.41, 5.74) is 1.48. The highest BCUT2D eigenvalue weighted by atomic mass is 32.1. The Morgan fingerprint density at radius 1 is 1.33 bits per heavy atom. The molecule has 0 unspecified atom stereocenters. The Morgan fingerprint density at radius 2 is 2.13 bits per heavy atom. The Bertz CT molecular complexity index is 1020. The van der Waals surface area contributed by atoms with Gasteiger partial charge in [-0.2, -0.15) is 0 Å². The second-order valence-electron chi connectivity index (χ2n) is 7.01. The summed E-state index contributed by atoms with van der Waals surface area (Å²) in [5, 5.41) is 14.7. The van der Waals surface area contributed by atoms with Crippen molar-refractivity contribution in [3.63, 3.8) is 0 Å². The highest BCUT2D eigenvalue weighted by Crippen LogP contribution is 2.30. The van der Waals surface area contributed by atoms with Crippen LogP contribution in [0.2, 0.25) is 0 Å². The Balaban J connectivity index is 1.50. The number of aliphatic hydroxyl groups excluding tert-OH is 1. The molecule has 0 radical (unpaired) electrons. The van der Waals surface area contributed by atoms with Gasteiger partial charge in [-0.25, -0.2) is 4.98 Å². The van der Waals surface area contributed by atoms with Gasteiger partial charge < -0.3 is 24.6 Å². The Labute approximate surface area is 177 Å². The van der Waals surface area contributed by atoms with E-state index in [1.807, 2.05) is 41.4 Å². The molecule has 3 aromatic rings. The van der Waals surface area contributed by atoms with E-state index in [1.54, 1.807) is 29.3 Å². The van der Waals surface area contributed by atoms with Crippen LogP contribution in [0.4, 0.5) is 5.69 Å². The van der Waals surface area contributed by atoms with Gasteiger partial charge in [-0.05, 0) is 29.1 Å². The first-order chi connectivity index (χ1) is 14.6. The number of ether oxygens (including phenoxy) is 1. The fourth-order valence-corrected chi connectivity index (χ4v) is 4.10. The van der Waals surface area contributed by atoms with Crippen LogP contribution < -0.4 is 5.32 Å². The van der Waals surface area contributed by atoms with Crippen molar-refractivity contribution in [1.29, 1.82) is 0 Å². The molecule has 156 valence electrons. The fourth-order valence-electron chi connectivity index (χ4n) is 3.48. The van der Waals surface area contributed by atoms with Gasteiger partial charge in [0.1, 0.15) is 18.5 Å². The molecule has 1 fully saturated rings. The quantitative estimate of drug-likeness (QED) is 0.630. The van der Waals surface area contributed by atoms with Crippen molar-refractivity contribution < 1.29 is 19.4 Å². The van der Waals surface area contributed by atoms with Gasteiger partial charge in [0.05, 0.1) is 24.1 Å². The van der Waals surface area contributed by atoms with Crippen molar-refractivity contribution in [1.82, 2.24) is 14.5 Å². The molecule has 3 heterocycles. The molecule has 4 rings (SSSR count). The molecule has 2 aromatic heterocycles. The molecular formula is C21H22N4O4S. The molecule has 8 nitrogen and oxygen atoms in total. The van der Waals surface area contributed by atoms with E-state index in [-0.39, 0.29) is 25.0 Å². The maximum atomic E-state index is 12.5. The molecule has 0 bridgehead atoms. The lowest BCUT2D eigenvalue weighted by atomic mass is 9.99. The number of anilines is 1. The summed E-state index contributed by atoms with van der Waals surface area (Å²) in [7, 11) is 1.86. The number of benzene rings is 1. The van der Waals surface area contributed by atoms with E-state index >= 15 is 0 Å². The smallest absolute Gasteiger partial charge is 0.265 e. The van der Waals surface area contributed by atoms with Crippen LogP contribution in [0.5, 0.6) is 0 Å². The van der Waals surface area contributed by atoms with E-state index in [9.17, 15) is 14.7 Å². The summed E-state index contributed by atoms with van der Waals surface area (Å²) in [6.45, 7) is -0.0114. The van der Waals surface area contributed by atoms with Crippen molar-refractivity contribution in [2.75, 3.05) is 18.5 Å². The largest absolute Gasteiger partial charge is 0.394 e. The predicted molar refractivity (Wildman–Crippen MR) is 112 cm³/mol. The van der Waals surface area contributed by atoms with Crippen LogP contribution in [0.1, 0.15) is 27.2 Å². The Hall–Kier alpha value is -3.01. The molecule has 1 saturated heterocycles. The van der Waals surface area contributed by atoms with Gasteiger partial charge in [0.2, 0.25) is 5.91 Å². The van der Waals surface area contributed by atoms with Crippen LogP contribution in [0.15, 0.2) is 54.2 Å². The minimum Gasteiger partial charge on any atom is -0.394 e. The number of nitrogens with one attached hydrogen (secondary N) is 1. The van der Waals surface area contributed by atoms with Crippen LogP contribution in [0.3, 0.4) is 0 Å². The van der Waals surface area contributed by atoms with Gasteiger partial charge in [0, 0.05) is 25.1 Å². The third-order valence-corrected chi connectivity index (χ3v) is 5.99. The number of morpholine rings is 1. The fraction of sp³-hybridized carbons (Fsp3) is 0.286. The topological polar surface area (TPSA) is 96.7 Å². The molecule has 2 atom stereocenters. The van der Waals surface area contributed by atoms with Crippen molar-refractivity contribution in [2.24, 2.45) is 7.05 Å². The summed E-state index contributed by atoms with van der Waals surface area (Å²) in [6, 6.07) is 10.3. The molecule has 30 heavy (non-hydrogen) atoms. The third kappa shape index (κ3) is 4.13.